The van der Waals surface area contributed by atoms with Crippen LogP contribution in [0.3, 0.4) is 0 Å². The minimum Gasteiger partial charge on any atom is -0.505 e. The zero-order chi connectivity index (χ0) is 12.5. The van der Waals surface area contributed by atoms with E-state index >= 15 is 0 Å². The number of pyridine rings is 1. The van der Waals surface area contributed by atoms with Crippen molar-refractivity contribution in [2.24, 2.45) is 0 Å². The summed E-state index contributed by atoms with van der Waals surface area (Å²) < 4.78 is 1.18. The molecule has 0 unspecified atom stereocenters. The van der Waals surface area contributed by atoms with Gasteiger partial charge in [0.1, 0.15) is 6.07 Å². The Morgan fingerprint density at radius 3 is 2.94 bits per heavy atom. The average molecular weight is 252 g/mol. The van der Waals surface area contributed by atoms with Gasteiger partial charge in [0.05, 0.1) is 17.5 Å². The van der Waals surface area contributed by atoms with Crippen LogP contribution in [0, 0.1) is 11.3 Å². The van der Waals surface area contributed by atoms with Crippen LogP contribution in [0.15, 0.2) is 41.9 Å². The van der Waals surface area contributed by atoms with Crippen molar-refractivity contribution in [2.75, 3.05) is 0 Å². The van der Waals surface area contributed by atoms with Crippen molar-refractivity contribution in [1.82, 2.24) is 4.98 Å². The van der Waals surface area contributed by atoms with Gasteiger partial charge in [-0.2, -0.15) is 5.26 Å². The second-order valence-electron chi connectivity index (χ2n) is 3.84. The molecule has 18 heavy (non-hydrogen) atoms. The summed E-state index contributed by atoms with van der Waals surface area (Å²) in [4.78, 5) is 4.19. The SMILES string of the molecule is N#Cc1cc(-c2csc3ccccc23)ncc1O. The molecule has 0 radical (unpaired) electrons. The third-order valence-corrected chi connectivity index (χ3v) is 3.72. The Morgan fingerprint density at radius 2 is 2.11 bits per heavy atom. The van der Waals surface area contributed by atoms with Gasteiger partial charge in [0.2, 0.25) is 0 Å². The first-order chi connectivity index (χ1) is 8.79. The van der Waals surface area contributed by atoms with Gasteiger partial charge in [-0.05, 0) is 12.1 Å². The molecule has 3 rings (SSSR count). The molecule has 1 aromatic carbocycles. The van der Waals surface area contributed by atoms with Gasteiger partial charge in [0.25, 0.3) is 0 Å². The van der Waals surface area contributed by atoms with Crippen molar-refractivity contribution in [2.45, 2.75) is 0 Å². The van der Waals surface area contributed by atoms with E-state index in [2.05, 4.69) is 11.1 Å². The van der Waals surface area contributed by atoms with Crippen LogP contribution in [0.2, 0.25) is 0 Å². The van der Waals surface area contributed by atoms with Gasteiger partial charge < -0.3 is 5.11 Å². The predicted molar refractivity (Wildman–Crippen MR) is 71.4 cm³/mol. The van der Waals surface area contributed by atoms with E-state index in [-0.39, 0.29) is 11.3 Å². The lowest BCUT2D eigenvalue weighted by Gasteiger charge is -2.01. The molecule has 2 aromatic heterocycles. The van der Waals surface area contributed by atoms with E-state index in [1.807, 2.05) is 29.6 Å². The van der Waals surface area contributed by atoms with Gasteiger partial charge in [-0.25, -0.2) is 0 Å². The Balaban J connectivity index is 2.24. The quantitative estimate of drug-likeness (QED) is 0.720. The van der Waals surface area contributed by atoms with Gasteiger partial charge in [0.15, 0.2) is 5.75 Å². The van der Waals surface area contributed by atoms with E-state index < -0.39 is 0 Å². The number of hydrogen-bond acceptors (Lipinski definition) is 4. The molecule has 0 spiro atoms. The summed E-state index contributed by atoms with van der Waals surface area (Å²) in [7, 11) is 0. The van der Waals surface area contributed by atoms with Gasteiger partial charge in [-0.1, -0.05) is 18.2 Å². The number of benzene rings is 1. The topological polar surface area (TPSA) is 56.9 Å². The highest BCUT2D eigenvalue weighted by Crippen LogP contribution is 2.33. The summed E-state index contributed by atoms with van der Waals surface area (Å²) in [6, 6.07) is 11.6. The van der Waals surface area contributed by atoms with E-state index in [1.54, 1.807) is 17.4 Å². The molecule has 4 heteroatoms. The number of thiophene rings is 1. The first-order valence-corrected chi connectivity index (χ1v) is 6.23. The van der Waals surface area contributed by atoms with Crippen molar-refractivity contribution in [3.8, 4) is 23.1 Å². The molecule has 0 bridgehead atoms. The highest BCUT2D eigenvalue weighted by Gasteiger charge is 2.09. The maximum absolute atomic E-state index is 9.46. The minimum atomic E-state index is -0.0826. The normalized spacial score (nSPS) is 10.4. The maximum atomic E-state index is 9.46. The highest BCUT2D eigenvalue weighted by molar-refractivity contribution is 7.17. The summed E-state index contributed by atoms with van der Waals surface area (Å²) in [6.45, 7) is 0. The number of hydrogen-bond donors (Lipinski definition) is 1. The number of nitriles is 1. The molecule has 0 aliphatic rings. The number of nitrogens with zero attached hydrogens (tertiary/aromatic N) is 2. The Bertz CT molecular complexity index is 771. The lowest BCUT2D eigenvalue weighted by Crippen LogP contribution is -1.85. The molecule has 0 aliphatic carbocycles. The largest absolute Gasteiger partial charge is 0.505 e. The highest BCUT2D eigenvalue weighted by atomic mass is 32.1. The number of rotatable bonds is 1. The Kier molecular flexibility index (Phi) is 2.47. The molecular weight excluding hydrogens is 244 g/mol. The summed E-state index contributed by atoms with van der Waals surface area (Å²) >= 11 is 1.64. The average Bonchev–Trinajstić information content (AvgIpc) is 2.83. The van der Waals surface area contributed by atoms with Gasteiger partial charge in [-0.3, -0.25) is 4.98 Å². The Labute approximate surface area is 108 Å². The molecule has 0 fully saturated rings. The number of fused-ring (bicyclic) bond motifs is 1. The van der Waals surface area contributed by atoms with Crippen molar-refractivity contribution >= 4 is 21.4 Å². The van der Waals surface area contributed by atoms with E-state index in [1.165, 1.54) is 10.9 Å². The van der Waals surface area contributed by atoms with Crippen molar-refractivity contribution in [3.63, 3.8) is 0 Å². The Morgan fingerprint density at radius 1 is 1.28 bits per heavy atom. The minimum absolute atomic E-state index is 0.0826. The van der Waals surface area contributed by atoms with Crippen LogP contribution in [0.25, 0.3) is 21.3 Å². The first-order valence-electron chi connectivity index (χ1n) is 5.35. The summed E-state index contributed by atoms with van der Waals surface area (Å²) in [5, 5.41) is 21.5. The van der Waals surface area contributed by atoms with Crippen molar-refractivity contribution in [1.29, 1.82) is 5.26 Å². The van der Waals surface area contributed by atoms with Crippen molar-refractivity contribution in [3.05, 3.63) is 47.5 Å². The second kappa shape index (κ2) is 4.13. The predicted octanol–water partition coefficient (Wildman–Crippen LogP) is 3.54. The molecule has 86 valence electrons. The molecule has 0 aliphatic heterocycles. The molecule has 0 amide bonds. The third-order valence-electron chi connectivity index (χ3n) is 2.76. The lowest BCUT2D eigenvalue weighted by molar-refractivity contribution is 0.471. The van der Waals surface area contributed by atoms with E-state index in [9.17, 15) is 5.11 Å². The van der Waals surface area contributed by atoms with Gasteiger partial charge >= 0.3 is 0 Å². The fourth-order valence-electron chi connectivity index (χ4n) is 1.86. The molecule has 1 N–H and O–H groups in total. The summed E-state index contributed by atoms with van der Waals surface area (Å²) in [6.07, 6.45) is 1.32. The van der Waals surface area contributed by atoms with Crippen LogP contribution in [-0.2, 0) is 0 Å². The molecule has 0 saturated heterocycles. The molecule has 2 heterocycles. The second-order valence-corrected chi connectivity index (χ2v) is 4.76. The van der Waals surface area contributed by atoms with E-state index in [0.29, 0.717) is 5.69 Å². The molecular formula is C14H8N2OS. The van der Waals surface area contributed by atoms with Crippen molar-refractivity contribution < 1.29 is 5.11 Å². The van der Waals surface area contributed by atoms with Crippen LogP contribution in [0.5, 0.6) is 5.75 Å². The number of aromatic nitrogens is 1. The molecule has 3 nitrogen and oxygen atoms in total. The zero-order valence-corrected chi connectivity index (χ0v) is 10.1. The monoisotopic (exact) mass is 252 g/mol. The molecule has 0 saturated carbocycles. The van der Waals surface area contributed by atoms with Crippen LogP contribution in [0.4, 0.5) is 0 Å². The first kappa shape index (κ1) is 10.8. The van der Waals surface area contributed by atoms with Crippen LogP contribution in [0.1, 0.15) is 5.56 Å². The molecule has 0 atom stereocenters. The van der Waals surface area contributed by atoms with Gasteiger partial charge in [0, 0.05) is 21.0 Å². The van der Waals surface area contributed by atoms with Crippen LogP contribution in [-0.4, -0.2) is 10.1 Å². The fraction of sp³-hybridized carbons (Fsp3) is 0. The summed E-state index contributed by atoms with van der Waals surface area (Å²) in [5.74, 6) is -0.0826. The van der Waals surface area contributed by atoms with Crippen LogP contribution < -0.4 is 0 Å². The smallest absolute Gasteiger partial charge is 0.151 e. The van der Waals surface area contributed by atoms with Gasteiger partial charge in [-0.15, -0.1) is 11.3 Å². The lowest BCUT2D eigenvalue weighted by atomic mass is 10.1. The van der Waals surface area contributed by atoms with Crippen LogP contribution >= 0.6 is 11.3 Å². The standard InChI is InChI=1S/C14H8N2OS/c15-6-9-5-12(16-7-13(9)17)11-8-18-14-4-2-1-3-10(11)14/h1-5,7-8,17H. The Hall–Kier alpha value is -2.38. The maximum Gasteiger partial charge on any atom is 0.151 e. The fourth-order valence-corrected chi connectivity index (χ4v) is 2.82. The molecule has 3 aromatic rings. The zero-order valence-electron chi connectivity index (χ0n) is 9.29. The third kappa shape index (κ3) is 1.62. The number of aromatic hydroxyl groups is 1. The van der Waals surface area contributed by atoms with E-state index in [4.69, 9.17) is 5.26 Å². The van der Waals surface area contributed by atoms with E-state index in [0.717, 1.165) is 10.9 Å². The summed E-state index contributed by atoms with van der Waals surface area (Å²) in [5.41, 5.74) is 1.95.